The average Bonchev–Trinajstić information content (AvgIpc) is 2.60. The Morgan fingerprint density at radius 1 is 1.45 bits per heavy atom. The van der Waals surface area contributed by atoms with E-state index in [-0.39, 0.29) is 10.7 Å². The first-order chi connectivity index (χ1) is 10.4. The summed E-state index contributed by atoms with van der Waals surface area (Å²) in [5, 5.41) is 2.56. The first-order valence-electron chi connectivity index (χ1n) is 6.94. The van der Waals surface area contributed by atoms with Gasteiger partial charge in [0.25, 0.3) is 5.91 Å². The molecule has 1 amide bonds. The highest BCUT2D eigenvalue weighted by molar-refractivity contribution is 8.01. The van der Waals surface area contributed by atoms with E-state index in [2.05, 4.69) is 23.3 Å². The van der Waals surface area contributed by atoms with Gasteiger partial charge in [0.1, 0.15) is 6.04 Å². The number of carbonyl (C=O) groups is 1. The zero-order chi connectivity index (χ0) is 16.2. The van der Waals surface area contributed by atoms with E-state index < -0.39 is 6.04 Å². The zero-order valence-electron chi connectivity index (χ0n) is 12.5. The second kappa shape index (κ2) is 7.72. The molecule has 1 fully saturated rings. The molecule has 120 valence electrons. The van der Waals surface area contributed by atoms with Gasteiger partial charge in [-0.1, -0.05) is 0 Å². The van der Waals surface area contributed by atoms with Crippen LogP contribution in [0.4, 0.5) is 0 Å². The third kappa shape index (κ3) is 4.41. The second-order valence-corrected chi connectivity index (χ2v) is 8.89. The Bertz CT molecular complexity index is 537. The van der Waals surface area contributed by atoms with Gasteiger partial charge in [-0.3, -0.25) is 4.79 Å². The summed E-state index contributed by atoms with van der Waals surface area (Å²) in [6, 6.07) is 7.37. The van der Waals surface area contributed by atoms with Gasteiger partial charge in [-0.25, -0.2) is 9.73 Å². The SMILES string of the molecule is CC1(C)SCCCN(Sc2ccc(S)cc2)[C@H]1C(=O)NN=O. The van der Waals surface area contributed by atoms with Gasteiger partial charge < -0.3 is 0 Å². The number of thiol groups is 1. The van der Waals surface area contributed by atoms with E-state index in [0.717, 1.165) is 28.5 Å². The molecule has 0 radical (unpaired) electrons. The van der Waals surface area contributed by atoms with Gasteiger partial charge >= 0.3 is 0 Å². The van der Waals surface area contributed by atoms with E-state index in [1.54, 1.807) is 11.8 Å². The summed E-state index contributed by atoms with van der Waals surface area (Å²) in [4.78, 5) is 24.7. The molecule has 1 aliphatic rings. The summed E-state index contributed by atoms with van der Waals surface area (Å²) < 4.78 is 1.75. The number of amides is 1. The standard InChI is InChI=1S/C14H19N3O2S3/c1-14(2)12(13(18)15-16-19)17(8-3-9-21-14)22-11-6-4-10(20)5-7-11/h4-7,12,20H,3,8-9H2,1-2H3,(H,15,18,19)/t12-/m0/s1. The molecule has 1 atom stereocenters. The van der Waals surface area contributed by atoms with Gasteiger partial charge in [0, 0.05) is 21.1 Å². The number of thioether (sulfide) groups is 1. The van der Waals surface area contributed by atoms with Crippen molar-refractivity contribution >= 4 is 42.2 Å². The number of nitroso groups, excluding NO2 is 1. The molecule has 0 bridgehead atoms. The topological polar surface area (TPSA) is 61.8 Å². The molecule has 1 aromatic carbocycles. The quantitative estimate of drug-likeness (QED) is 0.374. The number of hydrogen-bond donors (Lipinski definition) is 2. The fourth-order valence-corrected chi connectivity index (χ4v) is 5.02. The molecule has 0 aliphatic carbocycles. The lowest BCUT2D eigenvalue weighted by molar-refractivity contribution is -0.125. The van der Waals surface area contributed by atoms with Crippen molar-refractivity contribution in [2.75, 3.05) is 12.3 Å². The highest BCUT2D eigenvalue weighted by Crippen LogP contribution is 2.39. The summed E-state index contributed by atoms with van der Waals surface area (Å²) in [7, 11) is 0. The van der Waals surface area contributed by atoms with E-state index in [1.807, 2.05) is 42.4 Å². The Morgan fingerprint density at radius 3 is 2.77 bits per heavy atom. The third-order valence-electron chi connectivity index (χ3n) is 3.41. The summed E-state index contributed by atoms with van der Waals surface area (Å²) in [6.07, 6.45) is 0.990. The Balaban J connectivity index is 2.25. The van der Waals surface area contributed by atoms with Crippen molar-refractivity contribution in [3.8, 4) is 0 Å². The highest BCUT2D eigenvalue weighted by atomic mass is 32.2. The number of rotatable bonds is 4. The normalized spacial score (nSPS) is 21.9. The molecule has 2 rings (SSSR count). The Morgan fingerprint density at radius 2 is 2.14 bits per heavy atom. The Hall–Kier alpha value is -0.700. The van der Waals surface area contributed by atoms with Gasteiger partial charge in [0.15, 0.2) is 0 Å². The number of benzene rings is 1. The maximum atomic E-state index is 12.3. The minimum atomic E-state index is -0.432. The van der Waals surface area contributed by atoms with Crippen LogP contribution in [0.25, 0.3) is 0 Å². The first-order valence-corrected chi connectivity index (χ1v) is 9.14. The van der Waals surface area contributed by atoms with Crippen LogP contribution in [0.5, 0.6) is 0 Å². The van der Waals surface area contributed by atoms with Crippen molar-refractivity contribution in [2.24, 2.45) is 5.29 Å². The molecular formula is C14H19N3O2S3. The molecule has 1 heterocycles. The molecule has 0 aromatic heterocycles. The minimum Gasteiger partial charge on any atom is -0.271 e. The number of nitrogens with zero attached hydrogens (tertiary/aromatic N) is 2. The molecule has 5 nitrogen and oxygen atoms in total. The predicted octanol–water partition coefficient (Wildman–Crippen LogP) is 3.37. The van der Waals surface area contributed by atoms with Crippen LogP contribution in [-0.4, -0.2) is 33.3 Å². The maximum Gasteiger partial charge on any atom is 0.262 e. The highest BCUT2D eigenvalue weighted by Gasteiger charge is 2.42. The molecule has 22 heavy (non-hydrogen) atoms. The fourth-order valence-electron chi connectivity index (χ4n) is 2.40. The van der Waals surface area contributed by atoms with Gasteiger partial charge in [-0.05, 0) is 62.2 Å². The molecule has 0 saturated carbocycles. The Labute approximate surface area is 144 Å². The van der Waals surface area contributed by atoms with Crippen LogP contribution in [0.3, 0.4) is 0 Å². The summed E-state index contributed by atoms with van der Waals surface area (Å²) >= 11 is 7.56. The monoisotopic (exact) mass is 357 g/mol. The van der Waals surface area contributed by atoms with Gasteiger partial charge in [0.05, 0.1) is 5.29 Å². The van der Waals surface area contributed by atoms with Crippen LogP contribution in [0.15, 0.2) is 39.3 Å². The third-order valence-corrected chi connectivity index (χ3v) is 6.28. The fraction of sp³-hybridized carbons (Fsp3) is 0.500. The van der Waals surface area contributed by atoms with Crippen LogP contribution in [-0.2, 0) is 4.79 Å². The van der Waals surface area contributed by atoms with Crippen molar-refractivity contribution in [1.82, 2.24) is 9.73 Å². The molecule has 8 heteroatoms. The van der Waals surface area contributed by atoms with Crippen molar-refractivity contribution in [3.63, 3.8) is 0 Å². The lowest BCUT2D eigenvalue weighted by Crippen LogP contribution is -2.52. The van der Waals surface area contributed by atoms with E-state index >= 15 is 0 Å². The zero-order valence-corrected chi connectivity index (χ0v) is 15.0. The van der Waals surface area contributed by atoms with Crippen LogP contribution >= 0.6 is 36.3 Å². The molecular weight excluding hydrogens is 338 g/mol. The van der Waals surface area contributed by atoms with E-state index in [0.29, 0.717) is 0 Å². The van der Waals surface area contributed by atoms with E-state index in [1.165, 1.54) is 11.9 Å². The number of carbonyl (C=O) groups excluding carboxylic acids is 1. The van der Waals surface area contributed by atoms with Crippen LogP contribution in [0.1, 0.15) is 20.3 Å². The summed E-state index contributed by atoms with van der Waals surface area (Å²) in [5.74, 6) is 0.630. The smallest absolute Gasteiger partial charge is 0.262 e. The van der Waals surface area contributed by atoms with Gasteiger partial charge in [-0.15, -0.1) is 17.5 Å². The lowest BCUT2D eigenvalue weighted by atomic mass is 10.0. The summed E-state index contributed by atoms with van der Waals surface area (Å²) in [5.41, 5.74) is 2.07. The molecule has 0 unspecified atom stereocenters. The van der Waals surface area contributed by atoms with E-state index in [9.17, 15) is 9.70 Å². The van der Waals surface area contributed by atoms with Crippen molar-refractivity contribution in [3.05, 3.63) is 29.2 Å². The van der Waals surface area contributed by atoms with Crippen LogP contribution < -0.4 is 5.43 Å². The number of hydrogen-bond acceptors (Lipinski definition) is 7. The van der Waals surface area contributed by atoms with Crippen LogP contribution in [0, 0.1) is 4.91 Å². The van der Waals surface area contributed by atoms with Crippen molar-refractivity contribution < 1.29 is 4.79 Å². The van der Waals surface area contributed by atoms with Gasteiger partial charge in [0.2, 0.25) is 0 Å². The largest absolute Gasteiger partial charge is 0.271 e. The molecule has 1 aliphatic heterocycles. The molecule has 1 N–H and O–H groups in total. The number of nitrogens with one attached hydrogen (secondary N) is 1. The van der Waals surface area contributed by atoms with Crippen molar-refractivity contribution in [2.45, 2.75) is 40.8 Å². The molecule has 1 saturated heterocycles. The van der Waals surface area contributed by atoms with E-state index in [4.69, 9.17) is 0 Å². The first kappa shape index (κ1) is 17.7. The summed E-state index contributed by atoms with van der Waals surface area (Å²) in [6.45, 7) is 4.84. The predicted molar refractivity (Wildman–Crippen MR) is 95.1 cm³/mol. The lowest BCUT2D eigenvalue weighted by Gasteiger charge is -2.36. The van der Waals surface area contributed by atoms with Crippen molar-refractivity contribution in [1.29, 1.82) is 0 Å². The molecule has 1 aromatic rings. The average molecular weight is 358 g/mol. The van der Waals surface area contributed by atoms with Crippen LogP contribution in [0.2, 0.25) is 0 Å². The second-order valence-electron chi connectivity index (χ2n) is 5.50. The maximum absolute atomic E-state index is 12.3. The van der Waals surface area contributed by atoms with Gasteiger partial charge in [-0.2, -0.15) is 11.8 Å². The Kier molecular flexibility index (Phi) is 6.19. The minimum absolute atomic E-state index is 0.304. The molecule has 0 spiro atoms.